The molecule has 5 nitrogen and oxygen atoms in total. The van der Waals surface area contributed by atoms with E-state index in [0.29, 0.717) is 19.4 Å². The Morgan fingerprint density at radius 3 is 2.34 bits per heavy atom. The van der Waals surface area contributed by atoms with Crippen LogP contribution in [0.15, 0.2) is 89.8 Å². The number of aryl methyl sites for hydroxylation is 1. The highest BCUT2D eigenvalue weighted by atomic mass is 32.2. The Morgan fingerprint density at radius 2 is 1.63 bits per heavy atom. The summed E-state index contributed by atoms with van der Waals surface area (Å²) in [6, 6.07) is 24.3. The van der Waals surface area contributed by atoms with Gasteiger partial charge in [-0.3, -0.25) is 4.79 Å². The number of hydrogen-bond acceptors (Lipinski definition) is 3. The second kappa shape index (κ2) is 11.6. The van der Waals surface area contributed by atoms with Crippen LogP contribution in [0.1, 0.15) is 42.9 Å². The molecule has 0 spiro atoms. The summed E-state index contributed by atoms with van der Waals surface area (Å²) in [5.41, 5.74) is 2.14. The number of benzene rings is 3. The molecule has 1 N–H and O–H groups in total. The number of nitrogens with zero attached hydrogens (tertiary/aromatic N) is 1. The Bertz CT molecular complexity index is 1220. The molecule has 3 aromatic rings. The number of sulfonamides is 1. The fourth-order valence-corrected chi connectivity index (χ4v) is 6.37. The van der Waals surface area contributed by atoms with Crippen molar-refractivity contribution in [2.75, 3.05) is 13.1 Å². The molecule has 1 aliphatic rings. The first kappa shape index (κ1) is 25.1. The third-order valence-corrected chi connectivity index (χ3v) is 8.40. The molecule has 0 bridgehead atoms. The topological polar surface area (TPSA) is 66.5 Å². The van der Waals surface area contributed by atoms with Gasteiger partial charge in [0, 0.05) is 13.1 Å². The van der Waals surface area contributed by atoms with E-state index in [-0.39, 0.29) is 17.3 Å². The average molecular weight is 495 g/mol. The average Bonchev–Trinajstić information content (AvgIpc) is 2.89. The van der Waals surface area contributed by atoms with Crippen molar-refractivity contribution >= 4 is 15.9 Å². The van der Waals surface area contributed by atoms with E-state index in [4.69, 9.17) is 0 Å². The fourth-order valence-electron chi connectivity index (χ4n) is 4.64. The number of nitrogens with one attached hydrogen (secondary N) is 1. The Morgan fingerprint density at radius 1 is 0.914 bits per heavy atom. The maximum Gasteiger partial charge on any atom is 0.243 e. The van der Waals surface area contributed by atoms with E-state index >= 15 is 0 Å². The monoisotopic (exact) mass is 494 g/mol. The predicted octanol–water partition coefficient (Wildman–Crippen LogP) is 5.11. The summed E-state index contributed by atoms with van der Waals surface area (Å²) < 4.78 is 42.3. The van der Waals surface area contributed by atoms with Gasteiger partial charge in [0.1, 0.15) is 5.82 Å². The lowest BCUT2D eigenvalue weighted by molar-refractivity contribution is -0.126. The summed E-state index contributed by atoms with van der Waals surface area (Å²) in [4.78, 5) is 12.8. The maximum absolute atomic E-state index is 13.9. The van der Waals surface area contributed by atoms with Gasteiger partial charge in [-0.25, -0.2) is 12.8 Å². The van der Waals surface area contributed by atoms with Gasteiger partial charge in [0.15, 0.2) is 0 Å². The van der Waals surface area contributed by atoms with Crippen LogP contribution in [0.4, 0.5) is 4.39 Å². The molecule has 2 atom stereocenters. The van der Waals surface area contributed by atoms with Crippen molar-refractivity contribution in [1.29, 1.82) is 0 Å². The summed E-state index contributed by atoms with van der Waals surface area (Å²) in [6.07, 6.45) is 3.88. The van der Waals surface area contributed by atoms with Crippen molar-refractivity contribution in [3.63, 3.8) is 0 Å². The third-order valence-electron chi connectivity index (χ3n) is 6.53. The highest BCUT2D eigenvalue weighted by molar-refractivity contribution is 7.89. The highest BCUT2D eigenvalue weighted by Gasteiger charge is 2.40. The zero-order valence-electron chi connectivity index (χ0n) is 19.6. The van der Waals surface area contributed by atoms with Crippen LogP contribution in [-0.2, 0) is 21.2 Å². The fraction of sp³-hybridized carbons (Fsp3) is 0.321. The first-order chi connectivity index (χ1) is 16.9. The lowest BCUT2D eigenvalue weighted by Crippen LogP contribution is -2.47. The molecule has 35 heavy (non-hydrogen) atoms. The largest absolute Gasteiger partial charge is 0.356 e. The van der Waals surface area contributed by atoms with E-state index in [9.17, 15) is 17.6 Å². The van der Waals surface area contributed by atoms with E-state index in [1.807, 2.05) is 48.5 Å². The van der Waals surface area contributed by atoms with Crippen LogP contribution in [0, 0.1) is 11.7 Å². The molecule has 4 rings (SSSR count). The number of rotatable bonds is 9. The number of halogens is 1. The van der Waals surface area contributed by atoms with E-state index in [1.165, 1.54) is 28.1 Å². The molecule has 7 heteroatoms. The standard InChI is InChI=1S/C28H31FN2O3S/c29-25-15-9-16-26(20-25)35(33,34)31-21-24(17-18-27(31)23-13-5-2-6-14-23)28(32)30-19-8-7-12-22-10-3-1-4-11-22/h1-6,9-11,13-16,20,24,27H,7-8,12,17-19,21H2,(H,30,32). The lowest BCUT2D eigenvalue weighted by atomic mass is 9.90. The molecule has 0 radical (unpaired) electrons. The molecular weight excluding hydrogens is 463 g/mol. The zero-order chi connectivity index (χ0) is 24.7. The number of carbonyl (C=O) groups is 1. The molecule has 2 unspecified atom stereocenters. The molecule has 1 saturated heterocycles. The van der Waals surface area contributed by atoms with Gasteiger partial charge in [0.2, 0.25) is 15.9 Å². The Kier molecular flexibility index (Phi) is 8.31. The Balaban J connectivity index is 1.42. The second-order valence-corrected chi connectivity index (χ2v) is 10.9. The molecule has 1 amide bonds. The van der Waals surface area contributed by atoms with Gasteiger partial charge in [-0.2, -0.15) is 4.31 Å². The molecule has 3 aromatic carbocycles. The van der Waals surface area contributed by atoms with Crippen LogP contribution in [0.3, 0.4) is 0 Å². The summed E-state index contributed by atoms with van der Waals surface area (Å²) in [5.74, 6) is -1.19. The van der Waals surface area contributed by atoms with E-state index < -0.39 is 27.8 Å². The van der Waals surface area contributed by atoms with Gasteiger partial charge in [-0.1, -0.05) is 66.7 Å². The van der Waals surface area contributed by atoms with Gasteiger partial charge in [0.05, 0.1) is 16.9 Å². The summed E-state index contributed by atoms with van der Waals surface area (Å²) >= 11 is 0. The molecular formula is C28H31FN2O3S. The number of carbonyl (C=O) groups excluding carboxylic acids is 1. The normalized spacial score (nSPS) is 18.8. The first-order valence-electron chi connectivity index (χ1n) is 12.1. The molecule has 1 fully saturated rings. The molecule has 0 aliphatic carbocycles. The number of piperidine rings is 1. The van der Waals surface area contributed by atoms with Crippen LogP contribution >= 0.6 is 0 Å². The van der Waals surface area contributed by atoms with Gasteiger partial charge in [-0.15, -0.1) is 0 Å². The van der Waals surface area contributed by atoms with Gasteiger partial charge in [0.25, 0.3) is 0 Å². The van der Waals surface area contributed by atoms with Gasteiger partial charge >= 0.3 is 0 Å². The zero-order valence-corrected chi connectivity index (χ0v) is 20.5. The second-order valence-electron chi connectivity index (χ2n) is 8.97. The minimum Gasteiger partial charge on any atom is -0.356 e. The molecule has 184 valence electrons. The van der Waals surface area contributed by atoms with Crippen LogP contribution in [0.2, 0.25) is 0 Å². The minimum atomic E-state index is -3.99. The summed E-state index contributed by atoms with van der Waals surface area (Å²) in [5, 5.41) is 2.99. The molecule has 1 heterocycles. The van der Waals surface area contributed by atoms with Crippen molar-refractivity contribution in [2.45, 2.75) is 43.0 Å². The van der Waals surface area contributed by atoms with Crippen molar-refractivity contribution in [3.05, 3.63) is 102 Å². The van der Waals surface area contributed by atoms with Crippen molar-refractivity contribution in [3.8, 4) is 0 Å². The maximum atomic E-state index is 13.9. The van der Waals surface area contributed by atoms with Crippen molar-refractivity contribution < 1.29 is 17.6 Å². The minimum absolute atomic E-state index is 0.0637. The molecule has 0 saturated carbocycles. The number of amides is 1. The van der Waals surface area contributed by atoms with Crippen molar-refractivity contribution in [1.82, 2.24) is 9.62 Å². The van der Waals surface area contributed by atoms with Crippen LogP contribution in [0.5, 0.6) is 0 Å². The van der Waals surface area contributed by atoms with E-state index in [1.54, 1.807) is 0 Å². The van der Waals surface area contributed by atoms with Crippen LogP contribution in [-0.4, -0.2) is 31.7 Å². The van der Waals surface area contributed by atoms with Gasteiger partial charge in [-0.05, 0) is 61.4 Å². The molecule has 0 aromatic heterocycles. The Hall–Kier alpha value is -3.03. The number of hydrogen-bond donors (Lipinski definition) is 1. The van der Waals surface area contributed by atoms with Crippen LogP contribution in [0.25, 0.3) is 0 Å². The SMILES string of the molecule is O=C(NCCCCc1ccccc1)C1CCC(c2ccccc2)N(S(=O)(=O)c2cccc(F)c2)C1. The van der Waals surface area contributed by atoms with Crippen molar-refractivity contribution in [2.24, 2.45) is 5.92 Å². The number of unbranched alkanes of at least 4 members (excludes halogenated alkanes) is 1. The third kappa shape index (κ3) is 6.35. The Labute approximate surface area is 207 Å². The first-order valence-corrected chi connectivity index (χ1v) is 13.5. The predicted molar refractivity (Wildman–Crippen MR) is 135 cm³/mol. The lowest BCUT2D eigenvalue weighted by Gasteiger charge is -2.38. The quantitative estimate of drug-likeness (QED) is 0.421. The van der Waals surface area contributed by atoms with Gasteiger partial charge < -0.3 is 5.32 Å². The summed E-state index contributed by atoms with van der Waals surface area (Å²) in [6.45, 7) is 0.620. The van der Waals surface area contributed by atoms with E-state index in [2.05, 4.69) is 17.4 Å². The highest BCUT2D eigenvalue weighted by Crippen LogP contribution is 2.37. The molecule has 1 aliphatic heterocycles. The van der Waals surface area contributed by atoms with Crippen LogP contribution < -0.4 is 5.32 Å². The summed E-state index contributed by atoms with van der Waals surface area (Å²) in [7, 11) is -3.99. The smallest absolute Gasteiger partial charge is 0.243 e. The van der Waals surface area contributed by atoms with E-state index in [0.717, 1.165) is 30.9 Å².